The normalized spacial score (nSPS) is 20.5. The molecule has 2 heteroatoms. The molecule has 0 aliphatic heterocycles. The summed E-state index contributed by atoms with van der Waals surface area (Å²) in [4.78, 5) is 1.05. The Balaban J connectivity index is 2.31. The standard InChI is InChI=1S/C8H14NS/c1-9-8(10)7-5-3-2-4-6-7/h2,7H,3-6H2,1H3,(H,9,10). The predicted octanol–water partition coefficient (Wildman–Crippen LogP) is 1.93. The van der Waals surface area contributed by atoms with Crippen LogP contribution < -0.4 is 5.32 Å². The van der Waals surface area contributed by atoms with Crippen molar-refractivity contribution in [3.8, 4) is 0 Å². The number of nitrogens with one attached hydrogen (secondary N) is 1. The van der Waals surface area contributed by atoms with E-state index in [4.69, 9.17) is 12.2 Å². The van der Waals surface area contributed by atoms with Crippen LogP contribution in [0.3, 0.4) is 0 Å². The maximum atomic E-state index is 5.15. The molecule has 0 saturated heterocycles. The molecule has 0 spiro atoms. The van der Waals surface area contributed by atoms with Crippen LogP contribution in [0.5, 0.6) is 0 Å². The van der Waals surface area contributed by atoms with Crippen LogP contribution in [-0.4, -0.2) is 12.0 Å². The Morgan fingerprint density at radius 1 is 1.50 bits per heavy atom. The summed E-state index contributed by atoms with van der Waals surface area (Å²) in [6, 6.07) is 0. The van der Waals surface area contributed by atoms with Gasteiger partial charge in [-0.1, -0.05) is 12.2 Å². The van der Waals surface area contributed by atoms with E-state index in [0.717, 1.165) is 4.99 Å². The molecule has 1 rings (SSSR count). The number of hydrogen-bond acceptors (Lipinski definition) is 1. The molecular formula is C8H14NS. The second-order valence-electron chi connectivity index (χ2n) is 2.75. The van der Waals surface area contributed by atoms with Crippen molar-refractivity contribution in [1.29, 1.82) is 0 Å². The Morgan fingerprint density at radius 3 is 2.60 bits per heavy atom. The summed E-state index contributed by atoms with van der Waals surface area (Å²) in [6.45, 7) is 0. The fraction of sp³-hybridized carbons (Fsp3) is 0.750. The minimum absolute atomic E-state index is 0.657. The van der Waals surface area contributed by atoms with Gasteiger partial charge in [0.05, 0.1) is 4.99 Å². The summed E-state index contributed by atoms with van der Waals surface area (Å²) in [5, 5.41) is 3.05. The maximum absolute atomic E-state index is 5.15. The fourth-order valence-corrected chi connectivity index (χ4v) is 1.63. The van der Waals surface area contributed by atoms with Crippen molar-refractivity contribution < 1.29 is 0 Å². The van der Waals surface area contributed by atoms with Gasteiger partial charge in [-0.15, -0.1) is 0 Å². The lowest BCUT2D eigenvalue weighted by Crippen LogP contribution is -2.26. The second kappa shape index (κ2) is 3.91. The molecule has 0 aromatic rings. The molecule has 0 heterocycles. The van der Waals surface area contributed by atoms with Gasteiger partial charge < -0.3 is 5.32 Å². The van der Waals surface area contributed by atoms with Gasteiger partial charge in [0.2, 0.25) is 0 Å². The monoisotopic (exact) mass is 156 g/mol. The van der Waals surface area contributed by atoms with Gasteiger partial charge in [0.1, 0.15) is 0 Å². The molecule has 1 aliphatic rings. The highest BCUT2D eigenvalue weighted by Gasteiger charge is 2.16. The largest absolute Gasteiger partial charge is 0.383 e. The summed E-state index contributed by atoms with van der Waals surface area (Å²) < 4.78 is 0. The molecule has 0 unspecified atom stereocenters. The minimum Gasteiger partial charge on any atom is -0.383 e. The number of rotatable bonds is 1. The Bertz CT molecular complexity index is 116. The first-order valence-corrected chi connectivity index (χ1v) is 4.28. The van der Waals surface area contributed by atoms with Crippen molar-refractivity contribution >= 4 is 17.2 Å². The summed E-state index contributed by atoms with van der Waals surface area (Å²) in [7, 11) is 1.92. The first-order valence-electron chi connectivity index (χ1n) is 3.88. The second-order valence-corrected chi connectivity index (χ2v) is 3.19. The van der Waals surface area contributed by atoms with Crippen molar-refractivity contribution in [2.24, 2.45) is 5.92 Å². The van der Waals surface area contributed by atoms with Crippen molar-refractivity contribution in [3.63, 3.8) is 0 Å². The number of thiocarbonyl (C=S) groups is 1. The summed E-state index contributed by atoms with van der Waals surface area (Å²) >= 11 is 5.15. The molecule has 10 heavy (non-hydrogen) atoms. The molecule has 1 saturated carbocycles. The maximum Gasteiger partial charge on any atom is 0.0782 e. The highest BCUT2D eigenvalue weighted by Crippen LogP contribution is 2.23. The van der Waals surface area contributed by atoms with Gasteiger partial charge in [0.25, 0.3) is 0 Å². The molecule has 0 aromatic heterocycles. The van der Waals surface area contributed by atoms with Crippen LogP contribution in [0.15, 0.2) is 0 Å². The molecule has 0 atom stereocenters. The van der Waals surface area contributed by atoms with E-state index in [1.807, 2.05) is 7.05 Å². The zero-order chi connectivity index (χ0) is 7.40. The zero-order valence-electron chi connectivity index (χ0n) is 6.39. The molecule has 0 amide bonds. The van der Waals surface area contributed by atoms with Crippen LogP contribution in [0.4, 0.5) is 0 Å². The molecule has 1 fully saturated rings. The molecule has 1 aliphatic carbocycles. The van der Waals surface area contributed by atoms with Gasteiger partial charge in [-0.25, -0.2) is 0 Å². The SMILES string of the molecule is CNC(=S)C1CC[CH]CC1. The van der Waals surface area contributed by atoms with Crippen molar-refractivity contribution in [1.82, 2.24) is 5.32 Å². The van der Waals surface area contributed by atoms with E-state index in [-0.39, 0.29) is 0 Å². The summed E-state index contributed by atoms with van der Waals surface area (Å²) in [6.07, 6.45) is 7.34. The third-order valence-corrected chi connectivity index (χ3v) is 2.59. The molecule has 57 valence electrons. The lowest BCUT2D eigenvalue weighted by molar-refractivity contribution is 0.505. The topological polar surface area (TPSA) is 12.0 Å². The van der Waals surface area contributed by atoms with Crippen molar-refractivity contribution in [2.45, 2.75) is 25.7 Å². The van der Waals surface area contributed by atoms with Crippen LogP contribution >= 0.6 is 12.2 Å². The van der Waals surface area contributed by atoms with Gasteiger partial charge in [-0.3, -0.25) is 0 Å². The third kappa shape index (κ3) is 1.94. The van der Waals surface area contributed by atoms with Gasteiger partial charge in [-0.2, -0.15) is 0 Å². The average Bonchev–Trinajstić information content (AvgIpc) is 2.05. The van der Waals surface area contributed by atoms with Crippen LogP contribution in [-0.2, 0) is 0 Å². The Labute approximate surface area is 68.2 Å². The average molecular weight is 156 g/mol. The highest BCUT2D eigenvalue weighted by atomic mass is 32.1. The Hall–Kier alpha value is -0.110. The molecule has 0 aromatic carbocycles. The minimum atomic E-state index is 0.657. The van der Waals surface area contributed by atoms with Crippen LogP contribution in [0.1, 0.15) is 25.7 Å². The van der Waals surface area contributed by atoms with E-state index in [0.29, 0.717) is 5.92 Å². The predicted molar refractivity (Wildman–Crippen MR) is 47.9 cm³/mol. The van der Waals surface area contributed by atoms with Gasteiger partial charge in [-0.05, 0) is 32.1 Å². The highest BCUT2D eigenvalue weighted by molar-refractivity contribution is 7.80. The van der Waals surface area contributed by atoms with Gasteiger partial charge in [0.15, 0.2) is 0 Å². The first kappa shape index (κ1) is 7.99. The van der Waals surface area contributed by atoms with E-state index in [1.165, 1.54) is 25.7 Å². The lowest BCUT2D eigenvalue weighted by atomic mass is 9.89. The third-order valence-electron chi connectivity index (χ3n) is 2.06. The van der Waals surface area contributed by atoms with Crippen molar-refractivity contribution in [2.75, 3.05) is 7.05 Å². The Morgan fingerprint density at radius 2 is 2.10 bits per heavy atom. The van der Waals surface area contributed by atoms with Crippen LogP contribution in [0, 0.1) is 12.3 Å². The number of hydrogen-bond donors (Lipinski definition) is 1. The van der Waals surface area contributed by atoms with E-state index in [9.17, 15) is 0 Å². The van der Waals surface area contributed by atoms with E-state index in [1.54, 1.807) is 0 Å². The molecule has 0 bridgehead atoms. The van der Waals surface area contributed by atoms with Gasteiger partial charge in [0, 0.05) is 13.0 Å². The lowest BCUT2D eigenvalue weighted by Gasteiger charge is -2.21. The van der Waals surface area contributed by atoms with E-state index in [2.05, 4.69) is 11.7 Å². The fourth-order valence-electron chi connectivity index (χ4n) is 1.39. The smallest absolute Gasteiger partial charge is 0.0782 e. The molecular weight excluding hydrogens is 142 g/mol. The zero-order valence-corrected chi connectivity index (χ0v) is 7.21. The summed E-state index contributed by atoms with van der Waals surface area (Å²) in [5.41, 5.74) is 0. The van der Waals surface area contributed by atoms with Gasteiger partial charge >= 0.3 is 0 Å². The Kier molecular flexibility index (Phi) is 3.13. The summed E-state index contributed by atoms with van der Waals surface area (Å²) in [5.74, 6) is 0.657. The van der Waals surface area contributed by atoms with Crippen LogP contribution in [0.2, 0.25) is 0 Å². The van der Waals surface area contributed by atoms with E-state index < -0.39 is 0 Å². The van der Waals surface area contributed by atoms with Crippen molar-refractivity contribution in [3.05, 3.63) is 6.42 Å². The molecule has 1 N–H and O–H groups in total. The first-order chi connectivity index (χ1) is 4.84. The van der Waals surface area contributed by atoms with E-state index >= 15 is 0 Å². The molecule has 1 radical (unpaired) electrons. The molecule has 1 nitrogen and oxygen atoms in total. The van der Waals surface area contributed by atoms with Crippen LogP contribution in [0.25, 0.3) is 0 Å². The quantitative estimate of drug-likeness (QED) is 0.582.